The molecule has 0 aliphatic carbocycles. The summed E-state index contributed by atoms with van der Waals surface area (Å²) in [5, 5.41) is 20.8. The third kappa shape index (κ3) is 3.36. The van der Waals surface area contributed by atoms with Gasteiger partial charge in [-0.25, -0.2) is 0 Å². The molecule has 0 amide bonds. The van der Waals surface area contributed by atoms with Crippen LogP contribution in [0.5, 0.6) is 5.75 Å². The number of H-pyrrole nitrogens is 1. The van der Waals surface area contributed by atoms with Crippen LogP contribution in [0.4, 0.5) is 5.69 Å². The number of rotatable bonds is 4. The van der Waals surface area contributed by atoms with Gasteiger partial charge in [-0.3, -0.25) is 24.5 Å². The number of nitro benzene ring substituents is 1. The van der Waals surface area contributed by atoms with Gasteiger partial charge in [0.25, 0.3) is 5.69 Å². The molecular formula is C16H14N2O8S2. The van der Waals surface area contributed by atoms with E-state index in [1.807, 2.05) is 0 Å². The van der Waals surface area contributed by atoms with Crippen LogP contribution in [0, 0.1) is 16.0 Å². The molecule has 2 heterocycles. The number of ether oxygens (including phenoxy) is 2. The van der Waals surface area contributed by atoms with E-state index in [9.17, 15) is 29.6 Å². The molecule has 0 unspecified atom stereocenters. The van der Waals surface area contributed by atoms with Gasteiger partial charge < -0.3 is 19.6 Å². The lowest BCUT2D eigenvalue weighted by atomic mass is 9.81. The van der Waals surface area contributed by atoms with Crippen molar-refractivity contribution in [2.75, 3.05) is 14.2 Å². The number of nitrogens with zero attached hydrogens (tertiary/aromatic N) is 1. The minimum Gasteiger partial charge on any atom is -0.508 e. The fourth-order valence-electron chi connectivity index (χ4n) is 3.10. The number of hydrogen-bond acceptors (Lipinski definition) is 10. The van der Waals surface area contributed by atoms with Crippen molar-refractivity contribution in [1.29, 1.82) is 0 Å². The quantitative estimate of drug-likeness (QED) is 0.422. The number of phenols is 1. The summed E-state index contributed by atoms with van der Waals surface area (Å²) in [6.45, 7) is 0. The van der Waals surface area contributed by atoms with Crippen LogP contribution < -0.4 is 4.87 Å². The van der Waals surface area contributed by atoms with Crippen LogP contribution in [0.2, 0.25) is 0 Å². The SMILES string of the molecule is COC(=O)[C@H]1[C@H](c2cc([N+](=O)[O-])ccc2O)c2sc(=O)[nH]c2S[C@H]1C(=O)OC. The molecule has 1 aliphatic heterocycles. The first kappa shape index (κ1) is 19.9. The summed E-state index contributed by atoms with van der Waals surface area (Å²) >= 11 is 1.74. The second-order valence-corrected chi connectivity index (χ2v) is 7.96. The van der Waals surface area contributed by atoms with Crippen molar-refractivity contribution >= 4 is 40.7 Å². The second-order valence-electron chi connectivity index (χ2n) is 5.80. The Balaban J connectivity index is 2.29. The fourth-order valence-corrected chi connectivity index (χ4v) is 5.59. The molecule has 0 fully saturated rings. The number of thioether (sulfide) groups is 1. The Labute approximate surface area is 165 Å². The third-order valence-electron chi connectivity index (χ3n) is 4.32. The first-order valence-corrected chi connectivity index (χ1v) is 9.50. The predicted octanol–water partition coefficient (Wildman–Crippen LogP) is 1.62. The van der Waals surface area contributed by atoms with E-state index < -0.39 is 38.8 Å². The number of nitro groups is 1. The van der Waals surface area contributed by atoms with Gasteiger partial charge in [0.2, 0.25) is 0 Å². The molecule has 0 radical (unpaired) electrons. The first-order valence-electron chi connectivity index (χ1n) is 7.81. The maximum atomic E-state index is 12.6. The lowest BCUT2D eigenvalue weighted by Gasteiger charge is -2.34. The molecule has 0 spiro atoms. The Hall–Kier alpha value is -2.86. The summed E-state index contributed by atoms with van der Waals surface area (Å²) in [6, 6.07) is 3.36. The zero-order valence-corrected chi connectivity index (χ0v) is 16.2. The number of phenolic OH excluding ortho intramolecular Hbond substituents is 1. The number of carbonyl (C=O) groups excluding carboxylic acids is 2. The van der Waals surface area contributed by atoms with Crippen LogP contribution in [0.15, 0.2) is 28.0 Å². The van der Waals surface area contributed by atoms with Gasteiger partial charge in [0.1, 0.15) is 11.0 Å². The molecule has 3 rings (SSSR count). The van der Waals surface area contributed by atoms with E-state index in [1.165, 1.54) is 0 Å². The zero-order chi connectivity index (χ0) is 20.6. The van der Waals surface area contributed by atoms with Crippen molar-refractivity contribution < 1.29 is 29.1 Å². The Morgan fingerprint density at radius 2 is 1.93 bits per heavy atom. The third-order valence-corrected chi connectivity index (χ3v) is 6.71. The minimum atomic E-state index is -1.17. The molecule has 12 heteroatoms. The molecule has 1 aromatic carbocycles. The number of benzene rings is 1. The molecule has 3 atom stereocenters. The van der Waals surface area contributed by atoms with Gasteiger partial charge in [0.05, 0.1) is 30.1 Å². The van der Waals surface area contributed by atoms with Gasteiger partial charge in [-0.2, -0.15) is 0 Å². The Morgan fingerprint density at radius 1 is 1.25 bits per heavy atom. The van der Waals surface area contributed by atoms with E-state index in [4.69, 9.17) is 9.47 Å². The summed E-state index contributed by atoms with van der Waals surface area (Å²) in [5.41, 5.74) is -0.274. The maximum absolute atomic E-state index is 12.6. The van der Waals surface area contributed by atoms with E-state index in [0.29, 0.717) is 9.90 Å². The van der Waals surface area contributed by atoms with Gasteiger partial charge in [-0.1, -0.05) is 23.1 Å². The number of aromatic amines is 1. The van der Waals surface area contributed by atoms with Gasteiger partial charge in [0.15, 0.2) is 0 Å². The van der Waals surface area contributed by atoms with Crippen LogP contribution in [-0.4, -0.2) is 46.4 Å². The normalized spacial score (nSPS) is 20.9. The smallest absolute Gasteiger partial charge is 0.320 e. The summed E-state index contributed by atoms with van der Waals surface area (Å²) in [7, 11) is 2.30. The van der Waals surface area contributed by atoms with Gasteiger partial charge in [-0.15, -0.1) is 0 Å². The molecule has 0 saturated carbocycles. The van der Waals surface area contributed by atoms with Crippen LogP contribution in [0.1, 0.15) is 16.4 Å². The topological polar surface area (TPSA) is 149 Å². The first-order chi connectivity index (χ1) is 13.3. The number of nitrogens with one attached hydrogen (secondary N) is 1. The molecule has 0 bridgehead atoms. The Morgan fingerprint density at radius 3 is 2.54 bits per heavy atom. The molecule has 148 valence electrons. The van der Waals surface area contributed by atoms with E-state index in [1.54, 1.807) is 0 Å². The molecule has 2 aromatic rings. The molecule has 2 N–H and O–H groups in total. The highest BCUT2D eigenvalue weighted by molar-refractivity contribution is 8.00. The standard InChI is InChI=1S/C16H14N2O8S2/c1-25-14(20)10-9(7-5-6(18(23)24)3-4-8(7)19)11-13(17-16(22)28-11)27-12(10)15(21)26-2/h3-5,9-10,12,19H,1-2H3,(H,17,22)/t9-,10-,12+/m0/s1. The highest BCUT2D eigenvalue weighted by Crippen LogP contribution is 2.51. The summed E-state index contributed by atoms with van der Waals surface area (Å²) in [6.07, 6.45) is 0. The number of methoxy groups -OCH3 is 2. The number of hydrogen-bond donors (Lipinski definition) is 2. The van der Waals surface area contributed by atoms with Crippen molar-refractivity contribution in [1.82, 2.24) is 4.98 Å². The number of carbonyl (C=O) groups is 2. The average molecular weight is 426 g/mol. The van der Waals surface area contributed by atoms with Crippen LogP contribution in [-0.2, 0) is 19.1 Å². The van der Waals surface area contributed by atoms with Crippen molar-refractivity contribution in [3.8, 4) is 5.75 Å². The number of non-ortho nitro benzene ring substituents is 1. The number of aromatic hydroxyl groups is 1. The molecule has 1 aliphatic rings. The number of thiazole rings is 1. The molecule has 10 nitrogen and oxygen atoms in total. The van der Waals surface area contributed by atoms with Crippen LogP contribution in [0.3, 0.4) is 0 Å². The molecule has 1 aromatic heterocycles. The second kappa shape index (κ2) is 7.64. The fraction of sp³-hybridized carbons (Fsp3) is 0.312. The van der Waals surface area contributed by atoms with Crippen LogP contribution in [0.25, 0.3) is 0 Å². The molecular weight excluding hydrogens is 412 g/mol. The van der Waals surface area contributed by atoms with Crippen molar-refractivity contribution in [2.24, 2.45) is 5.92 Å². The van der Waals surface area contributed by atoms with E-state index in [0.717, 1.165) is 55.5 Å². The lowest BCUT2D eigenvalue weighted by Crippen LogP contribution is -2.41. The van der Waals surface area contributed by atoms with E-state index in [-0.39, 0.29) is 17.0 Å². The Kier molecular flexibility index (Phi) is 5.42. The van der Waals surface area contributed by atoms with Crippen LogP contribution >= 0.6 is 23.1 Å². The summed E-state index contributed by atoms with van der Waals surface area (Å²) in [5.74, 6) is -4.00. The lowest BCUT2D eigenvalue weighted by molar-refractivity contribution is -0.385. The van der Waals surface area contributed by atoms with Crippen molar-refractivity contribution in [2.45, 2.75) is 16.2 Å². The molecule has 0 saturated heterocycles. The number of aromatic nitrogens is 1. The zero-order valence-electron chi connectivity index (χ0n) is 14.5. The molecule has 28 heavy (non-hydrogen) atoms. The average Bonchev–Trinajstić information content (AvgIpc) is 3.05. The van der Waals surface area contributed by atoms with Crippen molar-refractivity contribution in [3.05, 3.63) is 48.4 Å². The Bertz CT molecular complexity index is 1010. The van der Waals surface area contributed by atoms with Gasteiger partial charge >= 0.3 is 16.8 Å². The number of fused-ring (bicyclic) bond motifs is 1. The highest BCUT2D eigenvalue weighted by Gasteiger charge is 2.49. The largest absolute Gasteiger partial charge is 0.508 e. The summed E-state index contributed by atoms with van der Waals surface area (Å²) in [4.78, 5) is 49.9. The van der Waals surface area contributed by atoms with E-state index >= 15 is 0 Å². The van der Waals surface area contributed by atoms with Crippen molar-refractivity contribution in [3.63, 3.8) is 0 Å². The van der Waals surface area contributed by atoms with Gasteiger partial charge in [-0.05, 0) is 6.07 Å². The predicted molar refractivity (Wildman–Crippen MR) is 98.7 cm³/mol. The highest BCUT2D eigenvalue weighted by atomic mass is 32.2. The van der Waals surface area contributed by atoms with E-state index in [2.05, 4.69) is 4.98 Å². The van der Waals surface area contributed by atoms with Gasteiger partial charge in [0, 0.05) is 28.5 Å². The number of esters is 2. The monoisotopic (exact) mass is 426 g/mol. The summed E-state index contributed by atoms with van der Waals surface area (Å²) < 4.78 is 9.63. The minimum absolute atomic E-state index is 0.0373. The maximum Gasteiger partial charge on any atom is 0.320 e.